The van der Waals surface area contributed by atoms with E-state index in [0.29, 0.717) is 11.4 Å². The monoisotopic (exact) mass is 572 g/mol. The number of aliphatic hydroxyl groups excluding tert-OH is 1. The summed E-state index contributed by atoms with van der Waals surface area (Å²) in [6.45, 7) is 3.67. The highest BCUT2D eigenvalue weighted by Gasteiger charge is 2.35. The first kappa shape index (κ1) is 28.6. The van der Waals surface area contributed by atoms with Gasteiger partial charge in [-0.2, -0.15) is 4.31 Å². The van der Waals surface area contributed by atoms with E-state index in [2.05, 4.69) is 10.6 Å². The summed E-state index contributed by atoms with van der Waals surface area (Å²) in [5, 5.41) is 17.0. The minimum absolute atomic E-state index is 0.0514. The van der Waals surface area contributed by atoms with Gasteiger partial charge in [-0.25, -0.2) is 13.2 Å². The average Bonchev–Trinajstić information content (AvgIpc) is 3.47. The quantitative estimate of drug-likeness (QED) is 0.375. The van der Waals surface area contributed by atoms with E-state index >= 15 is 0 Å². The van der Waals surface area contributed by atoms with Crippen LogP contribution >= 0.6 is 11.3 Å². The molecule has 0 spiro atoms. The molecule has 0 fully saturated rings. The van der Waals surface area contributed by atoms with Gasteiger partial charge in [0.2, 0.25) is 0 Å². The molecular weight excluding hydrogens is 540 g/mol. The van der Waals surface area contributed by atoms with Crippen LogP contribution in [0.4, 0.5) is 16.2 Å². The molecule has 12 heteroatoms. The lowest BCUT2D eigenvalue weighted by Crippen LogP contribution is -2.50. The van der Waals surface area contributed by atoms with Crippen LogP contribution in [0, 0.1) is 5.92 Å². The normalized spacial score (nSPS) is 18.5. The Balaban J connectivity index is 1.61. The number of para-hydroxylation sites is 1. The number of hydrogen-bond acceptors (Lipinski definition) is 7. The van der Waals surface area contributed by atoms with Gasteiger partial charge in [0.1, 0.15) is 16.1 Å². The summed E-state index contributed by atoms with van der Waals surface area (Å²) in [6.07, 6.45) is -0.592. The summed E-state index contributed by atoms with van der Waals surface area (Å²) in [5.74, 6) is -0.349. The Morgan fingerprint density at radius 1 is 1.15 bits per heavy atom. The number of carbonyl (C=O) groups excluding carboxylic acids is 2. The van der Waals surface area contributed by atoms with Gasteiger partial charge >= 0.3 is 6.03 Å². The third-order valence-corrected chi connectivity index (χ3v) is 9.75. The van der Waals surface area contributed by atoms with Gasteiger partial charge in [-0.3, -0.25) is 4.79 Å². The van der Waals surface area contributed by atoms with Gasteiger partial charge in [-0.05, 0) is 48.7 Å². The summed E-state index contributed by atoms with van der Waals surface area (Å²) >= 11 is 1.14. The van der Waals surface area contributed by atoms with Crippen molar-refractivity contribution in [1.29, 1.82) is 0 Å². The summed E-state index contributed by atoms with van der Waals surface area (Å²) in [7, 11) is -2.21. The fourth-order valence-corrected chi connectivity index (χ4v) is 6.63. The molecule has 3 aromatic rings. The predicted octanol–water partition coefficient (Wildman–Crippen LogP) is 3.93. The van der Waals surface area contributed by atoms with E-state index < -0.39 is 28.2 Å². The van der Waals surface area contributed by atoms with E-state index in [1.807, 2.05) is 13.0 Å². The van der Waals surface area contributed by atoms with Crippen LogP contribution in [-0.2, 0) is 10.0 Å². The summed E-state index contributed by atoms with van der Waals surface area (Å²) in [4.78, 5) is 27.7. The second-order valence-electron chi connectivity index (χ2n) is 9.50. The number of carbonyl (C=O) groups is 2. The van der Waals surface area contributed by atoms with Crippen LogP contribution in [0.15, 0.2) is 70.3 Å². The first-order chi connectivity index (χ1) is 18.6. The number of fused-ring (bicyclic) bond motifs is 1. The van der Waals surface area contributed by atoms with Crippen molar-refractivity contribution in [3.63, 3.8) is 0 Å². The minimum Gasteiger partial charge on any atom is -0.488 e. The van der Waals surface area contributed by atoms with Gasteiger partial charge in [0.25, 0.3) is 15.9 Å². The van der Waals surface area contributed by atoms with Gasteiger partial charge in [-0.15, -0.1) is 11.3 Å². The van der Waals surface area contributed by atoms with Crippen LogP contribution in [-0.4, -0.2) is 73.6 Å². The minimum atomic E-state index is -3.71. The van der Waals surface area contributed by atoms with Crippen molar-refractivity contribution in [2.45, 2.75) is 30.2 Å². The summed E-state index contributed by atoms with van der Waals surface area (Å²) in [5.41, 5.74) is 1.19. The number of urea groups is 1. The third-order valence-electron chi connectivity index (χ3n) is 6.55. The molecule has 10 nitrogen and oxygen atoms in total. The number of anilines is 2. The Kier molecular flexibility index (Phi) is 8.90. The van der Waals surface area contributed by atoms with Gasteiger partial charge in [0.05, 0.1) is 24.8 Å². The van der Waals surface area contributed by atoms with Crippen LogP contribution in [0.25, 0.3) is 0 Å². The van der Waals surface area contributed by atoms with Crippen molar-refractivity contribution in [1.82, 2.24) is 9.21 Å². The fourth-order valence-electron chi connectivity index (χ4n) is 4.25. The number of thiophene rings is 1. The van der Waals surface area contributed by atoms with Crippen LogP contribution < -0.4 is 15.4 Å². The standard InChI is InChI=1S/C27H32N4O6S2/c1-18-15-31(19(2)17-32)26(33)22-14-21(29-27(34)28-20-8-5-4-6-9-20)11-12-23(22)37-24(18)16-30(3)39(35,36)25-10-7-13-38-25/h4-14,18-19,24,32H,15-17H2,1-3H3,(H2,28,29,34)/t18-,19+,24-/m0/s1. The van der Waals surface area contributed by atoms with E-state index in [1.165, 1.54) is 17.4 Å². The van der Waals surface area contributed by atoms with Crippen molar-refractivity contribution < 1.29 is 27.9 Å². The maximum Gasteiger partial charge on any atom is 0.323 e. The first-order valence-electron chi connectivity index (χ1n) is 12.5. The van der Waals surface area contributed by atoms with Crippen molar-refractivity contribution in [2.75, 3.05) is 37.4 Å². The Bertz CT molecular complexity index is 1400. The number of amides is 3. The zero-order valence-electron chi connectivity index (χ0n) is 21.9. The largest absolute Gasteiger partial charge is 0.488 e. The van der Waals surface area contributed by atoms with Crippen LogP contribution in [0.2, 0.25) is 0 Å². The second kappa shape index (κ2) is 12.2. The van der Waals surface area contributed by atoms with Crippen molar-refractivity contribution >= 4 is 44.7 Å². The predicted molar refractivity (Wildman–Crippen MR) is 151 cm³/mol. The van der Waals surface area contributed by atoms with Crippen molar-refractivity contribution in [2.24, 2.45) is 5.92 Å². The van der Waals surface area contributed by atoms with Crippen LogP contribution in [0.1, 0.15) is 24.2 Å². The Morgan fingerprint density at radius 3 is 2.54 bits per heavy atom. The molecule has 0 aliphatic carbocycles. The molecule has 0 bridgehead atoms. The van der Waals surface area contributed by atoms with E-state index in [9.17, 15) is 23.1 Å². The molecule has 1 aliphatic heterocycles. The summed E-state index contributed by atoms with van der Waals surface area (Å²) < 4.78 is 33.9. The molecular formula is C27H32N4O6S2. The zero-order valence-corrected chi connectivity index (χ0v) is 23.5. The van der Waals surface area contributed by atoms with E-state index in [1.54, 1.807) is 65.7 Å². The smallest absolute Gasteiger partial charge is 0.323 e. The molecule has 0 saturated carbocycles. The van der Waals surface area contributed by atoms with E-state index in [0.717, 1.165) is 11.3 Å². The number of nitrogens with zero attached hydrogens (tertiary/aromatic N) is 2. The Hall–Kier alpha value is -3.45. The maximum absolute atomic E-state index is 13.6. The highest BCUT2D eigenvalue weighted by atomic mass is 32.2. The molecule has 3 atom stereocenters. The van der Waals surface area contributed by atoms with Crippen molar-refractivity contribution in [3.05, 3.63) is 71.6 Å². The van der Waals surface area contributed by atoms with Crippen molar-refractivity contribution in [3.8, 4) is 5.75 Å². The molecule has 3 N–H and O–H groups in total. The zero-order chi connectivity index (χ0) is 28.2. The second-order valence-corrected chi connectivity index (χ2v) is 12.7. The molecule has 2 heterocycles. The molecule has 0 radical (unpaired) electrons. The highest BCUT2D eigenvalue weighted by molar-refractivity contribution is 7.91. The summed E-state index contributed by atoms with van der Waals surface area (Å²) in [6, 6.07) is 15.9. The number of rotatable bonds is 8. The fraction of sp³-hybridized carbons (Fsp3) is 0.333. The Labute approximate surface area is 232 Å². The third kappa shape index (κ3) is 6.59. The number of benzene rings is 2. The molecule has 1 aromatic heterocycles. The van der Waals surface area contributed by atoms with Gasteiger partial charge < -0.3 is 25.4 Å². The lowest BCUT2D eigenvalue weighted by molar-refractivity contribution is 0.0387. The SMILES string of the molecule is C[C@H](CO)N1C[C@H](C)[C@H](CN(C)S(=O)(=O)c2cccs2)Oc2ccc(NC(=O)Nc3ccccc3)cc2C1=O. The molecule has 0 unspecified atom stereocenters. The van der Waals surface area contributed by atoms with Crippen LogP contribution in [0.5, 0.6) is 5.75 Å². The first-order valence-corrected chi connectivity index (χ1v) is 14.8. The number of likely N-dealkylation sites (N-methyl/N-ethyl adjacent to an activating group) is 1. The molecule has 0 saturated heterocycles. The lowest BCUT2D eigenvalue weighted by atomic mass is 9.99. The average molecular weight is 573 g/mol. The van der Waals surface area contributed by atoms with Gasteiger partial charge in [0, 0.05) is 30.9 Å². The topological polar surface area (TPSA) is 128 Å². The molecule has 3 amide bonds. The lowest BCUT2D eigenvalue weighted by Gasteiger charge is -2.38. The van der Waals surface area contributed by atoms with Gasteiger partial charge in [0.15, 0.2) is 0 Å². The number of sulfonamides is 1. The van der Waals surface area contributed by atoms with Gasteiger partial charge in [-0.1, -0.05) is 31.2 Å². The number of nitrogens with one attached hydrogen (secondary N) is 2. The number of ether oxygens (including phenoxy) is 1. The number of aliphatic hydroxyl groups is 1. The maximum atomic E-state index is 13.6. The van der Waals surface area contributed by atoms with E-state index in [-0.39, 0.29) is 47.0 Å². The molecule has 2 aromatic carbocycles. The molecule has 1 aliphatic rings. The molecule has 39 heavy (non-hydrogen) atoms. The molecule has 208 valence electrons. The van der Waals surface area contributed by atoms with Crippen LogP contribution in [0.3, 0.4) is 0 Å². The van der Waals surface area contributed by atoms with E-state index in [4.69, 9.17) is 4.74 Å². The number of hydrogen-bond donors (Lipinski definition) is 3. The molecule has 4 rings (SSSR count). The highest BCUT2D eigenvalue weighted by Crippen LogP contribution is 2.31. The Morgan fingerprint density at radius 2 is 1.87 bits per heavy atom.